The highest BCUT2D eigenvalue weighted by Crippen LogP contribution is 2.37. The molecule has 0 unspecified atom stereocenters. The first kappa shape index (κ1) is 35.6. The lowest BCUT2D eigenvalue weighted by molar-refractivity contribution is -0.140. The molecule has 3 heterocycles. The summed E-state index contributed by atoms with van der Waals surface area (Å²) < 4.78 is 58.9. The first-order valence-corrected chi connectivity index (χ1v) is 16.9. The molecule has 16 heteroatoms. The summed E-state index contributed by atoms with van der Waals surface area (Å²) in [7, 11) is 0. The number of thiophene rings is 1. The van der Waals surface area contributed by atoms with Gasteiger partial charge in [0, 0.05) is 56.3 Å². The number of morpholine rings is 1. The SMILES string of the molecule is O=C(CCN1C(=O)C(=Cc2cc(-c3ccc(F)c(C(F)(F)F)c3)cs2)SC1=S)Nc1ccc(C(=O)O)cc1CNCCN1CCOCC1. The minimum atomic E-state index is -4.84. The number of carbonyl (C=O) groups excluding carboxylic acids is 2. The van der Waals surface area contributed by atoms with Gasteiger partial charge in [0.25, 0.3) is 5.91 Å². The number of carboxylic acid groups (broad SMARTS) is 1. The summed E-state index contributed by atoms with van der Waals surface area (Å²) >= 11 is 7.63. The summed E-state index contributed by atoms with van der Waals surface area (Å²) in [5.74, 6) is -3.26. The average molecular weight is 723 g/mol. The van der Waals surface area contributed by atoms with Gasteiger partial charge in [-0.25, -0.2) is 9.18 Å². The number of benzene rings is 2. The number of alkyl halides is 3. The molecule has 48 heavy (non-hydrogen) atoms. The van der Waals surface area contributed by atoms with Crippen molar-refractivity contribution in [1.29, 1.82) is 0 Å². The van der Waals surface area contributed by atoms with E-state index in [1.54, 1.807) is 17.5 Å². The van der Waals surface area contributed by atoms with E-state index in [2.05, 4.69) is 15.5 Å². The Kier molecular flexibility index (Phi) is 11.7. The molecule has 0 aliphatic carbocycles. The molecule has 2 fully saturated rings. The number of hydrogen-bond acceptors (Lipinski definition) is 9. The molecule has 5 rings (SSSR count). The highest BCUT2D eigenvalue weighted by molar-refractivity contribution is 8.26. The van der Waals surface area contributed by atoms with Crippen LogP contribution in [-0.4, -0.2) is 82.9 Å². The number of rotatable bonds is 12. The highest BCUT2D eigenvalue weighted by Gasteiger charge is 2.35. The lowest BCUT2D eigenvalue weighted by Gasteiger charge is -2.26. The van der Waals surface area contributed by atoms with Crippen molar-refractivity contribution in [3.63, 3.8) is 0 Å². The molecule has 1 aromatic heterocycles. The van der Waals surface area contributed by atoms with Gasteiger partial charge in [-0.15, -0.1) is 11.3 Å². The lowest BCUT2D eigenvalue weighted by Crippen LogP contribution is -2.40. The quantitative estimate of drug-likeness (QED) is 0.0908. The predicted octanol–water partition coefficient (Wildman–Crippen LogP) is 5.92. The van der Waals surface area contributed by atoms with Crippen LogP contribution in [0.2, 0.25) is 0 Å². The van der Waals surface area contributed by atoms with E-state index in [0.717, 1.165) is 43.5 Å². The molecule has 0 spiro atoms. The molecule has 0 radical (unpaired) electrons. The number of amides is 2. The molecule has 254 valence electrons. The second-order valence-corrected chi connectivity index (χ2v) is 13.5. The maximum atomic E-state index is 13.7. The van der Waals surface area contributed by atoms with Crippen molar-refractivity contribution in [2.45, 2.75) is 19.1 Å². The molecule has 2 aliphatic heterocycles. The van der Waals surface area contributed by atoms with Crippen molar-refractivity contribution in [2.75, 3.05) is 51.3 Å². The summed E-state index contributed by atoms with van der Waals surface area (Å²) in [4.78, 5) is 42.1. The van der Waals surface area contributed by atoms with Gasteiger partial charge in [0.1, 0.15) is 10.1 Å². The molecule has 2 aliphatic rings. The van der Waals surface area contributed by atoms with E-state index >= 15 is 0 Å². The van der Waals surface area contributed by atoms with Crippen molar-refractivity contribution in [3.05, 3.63) is 80.1 Å². The molecule has 3 aromatic rings. The molecule has 0 atom stereocenters. The smallest absolute Gasteiger partial charge is 0.419 e. The van der Waals surface area contributed by atoms with Crippen molar-refractivity contribution in [1.82, 2.24) is 15.1 Å². The average Bonchev–Trinajstić information content (AvgIpc) is 3.62. The Hall–Kier alpha value is -3.67. The fourth-order valence-corrected chi connectivity index (χ4v) is 7.25. The third-order valence-electron chi connectivity index (χ3n) is 7.58. The van der Waals surface area contributed by atoms with E-state index < -0.39 is 35.3 Å². The molecule has 2 aromatic carbocycles. The molecular formula is C32H30F4N4O5S3. The van der Waals surface area contributed by atoms with Gasteiger partial charge in [-0.3, -0.25) is 19.4 Å². The van der Waals surface area contributed by atoms with Crippen LogP contribution in [0.25, 0.3) is 17.2 Å². The second-order valence-electron chi connectivity index (χ2n) is 10.9. The number of anilines is 1. The van der Waals surface area contributed by atoms with Crippen molar-refractivity contribution in [2.24, 2.45) is 0 Å². The van der Waals surface area contributed by atoms with Crippen molar-refractivity contribution >= 4 is 69.2 Å². The maximum Gasteiger partial charge on any atom is 0.419 e. The highest BCUT2D eigenvalue weighted by atomic mass is 32.2. The Labute approximate surface area is 286 Å². The van der Waals surface area contributed by atoms with E-state index in [1.807, 2.05) is 0 Å². The standard InChI is InChI=1S/C32H30F4N4O5S3/c33-25-3-1-19(15-24(25)32(34,35)36)22-14-23(47-18-22)16-27-29(42)40(31(46)48-27)7-5-28(41)38-26-4-2-20(30(43)44)13-21(26)17-37-6-8-39-9-11-45-12-10-39/h1-4,13-16,18,37H,5-12,17H2,(H,38,41)(H,43,44). The van der Waals surface area contributed by atoms with Crippen LogP contribution in [-0.2, 0) is 27.0 Å². The van der Waals surface area contributed by atoms with Gasteiger partial charge in [0.2, 0.25) is 5.91 Å². The first-order chi connectivity index (χ1) is 22.9. The summed E-state index contributed by atoms with van der Waals surface area (Å²) in [6.07, 6.45) is -3.35. The number of thioether (sulfide) groups is 1. The Balaban J connectivity index is 1.18. The van der Waals surface area contributed by atoms with Gasteiger partial charge in [-0.1, -0.05) is 30.0 Å². The topological polar surface area (TPSA) is 111 Å². The zero-order chi connectivity index (χ0) is 34.4. The minimum Gasteiger partial charge on any atom is -0.478 e. The lowest BCUT2D eigenvalue weighted by atomic mass is 10.0. The van der Waals surface area contributed by atoms with Gasteiger partial charge in [0.05, 0.1) is 29.2 Å². The maximum absolute atomic E-state index is 13.7. The second kappa shape index (κ2) is 15.7. The molecule has 0 bridgehead atoms. The molecule has 9 nitrogen and oxygen atoms in total. The van der Waals surface area contributed by atoms with E-state index in [4.69, 9.17) is 17.0 Å². The summed E-state index contributed by atoms with van der Waals surface area (Å²) in [5.41, 5.74) is 0.399. The normalized spacial score (nSPS) is 16.6. The van der Waals surface area contributed by atoms with Gasteiger partial charge in [-0.2, -0.15) is 13.2 Å². The molecular weight excluding hydrogens is 693 g/mol. The Morgan fingerprint density at radius 2 is 1.83 bits per heavy atom. The molecule has 2 saturated heterocycles. The predicted molar refractivity (Wildman–Crippen MR) is 180 cm³/mol. The number of carboxylic acids is 1. The minimum absolute atomic E-state index is 0.000326. The van der Waals surface area contributed by atoms with Crippen LogP contribution in [0.4, 0.5) is 23.2 Å². The molecule has 3 N–H and O–H groups in total. The van der Waals surface area contributed by atoms with Gasteiger partial charge < -0.3 is 20.5 Å². The number of halogens is 4. The zero-order valence-electron chi connectivity index (χ0n) is 25.3. The number of carbonyl (C=O) groups is 3. The molecule has 0 saturated carbocycles. The number of thiocarbonyl (C=S) groups is 1. The van der Waals surface area contributed by atoms with Crippen molar-refractivity contribution in [3.8, 4) is 11.1 Å². The van der Waals surface area contributed by atoms with Gasteiger partial charge in [-0.05, 0) is 64.5 Å². The third kappa shape index (κ3) is 9.06. The first-order valence-electron chi connectivity index (χ1n) is 14.8. The number of nitrogens with zero attached hydrogens (tertiary/aromatic N) is 2. The Morgan fingerprint density at radius 3 is 2.56 bits per heavy atom. The zero-order valence-corrected chi connectivity index (χ0v) is 27.7. The Morgan fingerprint density at radius 1 is 1.06 bits per heavy atom. The largest absolute Gasteiger partial charge is 0.478 e. The Bertz CT molecular complexity index is 1740. The molecule has 2 amide bonds. The van der Waals surface area contributed by atoms with Crippen LogP contribution < -0.4 is 10.6 Å². The van der Waals surface area contributed by atoms with E-state index in [9.17, 15) is 37.1 Å². The number of nitrogens with one attached hydrogen (secondary N) is 2. The van der Waals surface area contributed by atoms with Crippen LogP contribution >= 0.6 is 35.3 Å². The number of aromatic carboxylic acids is 1. The van der Waals surface area contributed by atoms with Crippen LogP contribution in [0.5, 0.6) is 0 Å². The monoisotopic (exact) mass is 722 g/mol. The van der Waals surface area contributed by atoms with Crippen LogP contribution in [0.3, 0.4) is 0 Å². The van der Waals surface area contributed by atoms with E-state index in [1.165, 1.54) is 40.5 Å². The summed E-state index contributed by atoms with van der Waals surface area (Å²) in [5, 5.41) is 17.2. The van der Waals surface area contributed by atoms with Gasteiger partial charge >= 0.3 is 12.1 Å². The number of hydrogen-bond donors (Lipinski definition) is 3. The third-order valence-corrected chi connectivity index (χ3v) is 9.84. The van der Waals surface area contributed by atoms with E-state index in [0.29, 0.717) is 52.9 Å². The van der Waals surface area contributed by atoms with Crippen LogP contribution in [0.15, 0.2) is 52.7 Å². The van der Waals surface area contributed by atoms with Crippen LogP contribution in [0.1, 0.15) is 32.8 Å². The van der Waals surface area contributed by atoms with Crippen LogP contribution in [0, 0.1) is 5.82 Å². The fraction of sp³-hybridized carbons (Fsp3) is 0.312. The van der Waals surface area contributed by atoms with E-state index in [-0.39, 0.29) is 28.4 Å². The van der Waals surface area contributed by atoms with Crippen molar-refractivity contribution < 1.29 is 41.8 Å². The fourth-order valence-electron chi connectivity index (χ4n) is 5.03. The number of ether oxygens (including phenoxy) is 1. The summed E-state index contributed by atoms with van der Waals surface area (Å²) in [6.45, 7) is 4.85. The summed E-state index contributed by atoms with van der Waals surface area (Å²) in [6, 6.07) is 8.83. The van der Waals surface area contributed by atoms with Gasteiger partial charge in [0.15, 0.2) is 0 Å².